The van der Waals surface area contributed by atoms with Gasteiger partial charge in [0.1, 0.15) is 0 Å². The lowest BCUT2D eigenvalue weighted by Gasteiger charge is -2.20. The van der Waals surface area contributed by atoms with Crippen molar-refractivity contribution in [1.29, 1.82) is 0 Å². The fourth-order valence-corrected chi connectivity index (χ4v) is 2.70. The smallest absolute Gasteiger partial charge is 0.0535 e. The molecule has 0 heterocycles. The van der Waals surface area contributed by atoms with Crippen LogP contribution in [0.1, 0.15) is 63.1 Å². The van der Waals surface area contributed by atoms with E-state index in [0.29, 0.717) is 12.0 Å². The molecule has 0 aliphatic heterocycles. The summed E-state index contributed by atoms with van der Waals surface area (Å²) in [6, 6.07) is 9.57. The van der Waals surface area contributed by atoms with Gasteiger partial charge in [0.15, 0.2) is 0 Å². The van der Waals surface area contributed by atoms with Crippen molar-refractivity contribution < 1.29 is 0 Å². The normalized spacial score (nSPS) is 17.0. The summed E-state index contributed by atoms with van der Waals surface area (Å²) in [6.07, 6.45) is 6.25. The molecule has 1 aromatic carbocycles. The Balaban J connectivity index is 2.19. The van der Waals surface area contributed by atoms with E-state index in [9.17, 15) is 0 Å². The molecule has 0 fully saturated rings. The Bertz CT molecular complexity index is 400. The lowest BCUT2D eigenvalue weighted by atomic mass is 9.95. The van der Waals surface area contributed by atoms with Crippen LogP contribution in [0.25, 0.3) is 0 Å². The second kappa shape index (κ2) is 6.19. The first-order valence-electron chi connectivity index (χ1n) is 7.24. The van der Waals surface area contributed by atoms with Gasteiger partial charge in [-0.1, -0.05) is 56.7 Å². The predicted molar refractivity (Wildman–Crippen MR) is 78.9 cm³/mol. The van der Waals surface area contributed by atoms with Gasteiger partial charge in [-0.15, -0.1) is 0 Å². The van der Waals surface area contributed by atoms with Gasteiger partial charge in [0, 0.05) is 0 Å². The van der Waals surface area contributed by atoms with E-state index in [4.69, 9.17) is 0 Å². The maximum atomic E-state index is 3.62. The van der Waals surface area contributed by atoms with Crippen LogP contribution in [-0.4, -0.2) is 6.54 Å². The maximum Gasteiger partial charge on any atom is 0.0535 e. The van der Waals surface area contributed by atoms with Crippen molar-refractivity contribution in [3.05, 3.63) is 47.0 Å². The first kappa shape index (κ1) is 13.4. The minimum atomic E-state index is 0.429. The highest BCUT2D eigenvalue weighted by Crippen LogP contribution is 2.31. The van der Waals surface area contributed by atoms with E-state index in [1.165, 1.54) is 30.4 Å². The van der Waals surface area contributed by atoms with E-state index in [1.54, 1.807) is 5.57 Å². The summed E-state index contributed by atoms with van der Waals surface area (Å²) < 4.78 is 0. The standard InChI is InChI=1S/C17H25N/c1-4-18-17(15-7-5-6-8-15)16-11-9-14(10-12-16)13(2)3/h7,9-13,17-18H,4-6,8H2,1-3H3. The molecule has 2 rings (SSSR count). The Kier molecular flexibility index (Phi) is 4.60. The highest BCUT2D eigenvalue weighted by Gasteiger charge is 2.17. The van der Waals surface area contributed by atoms with Crippen LogP contribution in [0, 0.1) is 0 Å². The molecule has 1 aliphatic rings. The third-order valence-electron chi connectivity index (χ3n) is 3.79. The predicted octanol–water partition coefficient (Wildman–Crippen LogP) is 4.57. The van der Waals surface area contributed by atoms with Gasteiger partial charge >= 0.3 is 0 Å². The van der Waals surface area contributed by atoms with E-state index in [2.05, 4.69) is 56.4 Å². The SMILES string of the molecule is CCNC(C1=CCCC1)c1ccc(C(C)C)cc1. The Morgan fingerprint density at radius 1 is 1.11 bits per heavy atom. The Morgan fingerprint density at radius 3 is 2.28 bits per heavy atom. The number of allylic oxidation sites excluding steroid dienone is 1. The van der Waals surface area contributed by atoms with E-state index in [0.717, 1.165) is 6.54 Å². The lowest BCUT2D eigenvalue weighted by molar-refractivity contribution is 0.605. The van der Waals surface area contributed by atoms with E-state index < -0.39 is 0 Å². The van der Waals surface area contributed by atoms with Gasteiger partial charge in [-0.3, -0.25) is 0 Å². The zero-order valence-electron chi connectivity index (χ0n) is 11.9. The third kappa shape index (κ3) is 3.02. The van der Waals surface area contributed by atoms with Crippen LogP contribution in [0.4, 0.5) is 0 Å². The van der Waals surface area contributed by atoms with Crippen LogP contribution in [0.15, 0.2) is 35.9 Å². The van der Waals surface area contributed by atoms with Crippen LogP contribution in [0.3, 0.4) is 0 Å². The molecule has 1 N–H and O–H groups in total. The zero-order valence-corrected chi connectivity index (χ0v) is 11.9. The van der Waals surface area contributed by atoms with Gasteiger partial charge < -0.3 is 5.32 Å². The summed E-state index contributed by atoms with van der Waals surface area (Å²) in [6.45, 7) is 7.70. The minimum absolute atomic E-state index is 0.429. The van der Waals surface area contributed by atoms with Gasteiger partial charge in [0.2, 0.25) is 0 Å². The number of rotatable bonds is 5. The molecular weight excluding hydrogens is 218 g/mol. The summed E-state index contributed by atoms with van der Waals surface area (Å²) >= 11 is 0. The maximum absolute atomic E-state index is 3.62. The van der Waals surface area contributed by atoms with Crippen molar-refractivity contribution in [2.24, 2.45) is 0 Å². The van der Waals surface area contributed by atoms with Gasteiger partial charge in [-0.25, -0.2) is 0 Å². The Morgan fingerprint density at radius 2 is 1.78 bits per heavy atom. The van der Waals surface area contributed by atoms with Crippen molar-refractivity contribution >= 4 is 0 Å². The quantitative estimate of drug-likeness (QED) is 0.747. The molecule has 0 aromatic heterocycles. The number of hydrogen-bond acceptors (Lipinski definition) is 1. The molecule has 1 aromatic rings. The summed E-state index contributed by atoms with van der Waals surface area (Å²) in [4.78, 5) is 0. The van der Waals surface area contributed by atoms with Crippen LogP contribution in [-0.2, 0) is 0 Å². The third-order valence-corrected chi connectivity index (χ3v) is 3.79. The second-order valence-corrected chi connectivity index (χ2v) is 5.48. The van der Waals surface area contributed by atoms with Crippen molar-refractivity contribution in [3.63, 3.8) is 0 Å². The monoisotopic (exact) mass is 243 g/mol. The van der Waals surface area contributed by atoms with E-state index >= 15 is 0 Å². The molecule has 1 nitrogen and oxygen atoms in total. The highest BCUT2D eigenvalue weighted by atomic mass is 14.9. The topological polar surface area (TPSA) is 12.0 Å². The fraction of sp³-hybridized carbons (Fsp3) is 0.529. The molecule has 0 bridgehead atoms. The largest absolute Gasteiger partial charge is 0.307 e. The zero-order chi connectivity index (χ0) is 13.0. The number of benzene rings is 1. The molecule has 1 unspecified atom stereocenters. The van der Waals surface area contributed by atoms with Gasteiger partial charge in [-0.05, 0) is 42.9 Å². The summed E-state index contributed by atoms with van der Waals surface area (Å²) in [7, 11) is 0. The van der Waals surface area contributed by atoms with E-state index in [-0.39, 0.29) is 0 Å². The first-order valence-corrected chi connectivity index (χ1v) is 7.24. The molecule has 1 aliphatic carbocycles. The second-order valence-electron chi connectivity index (χ2n) is 5.48. The first-order chi connectivity index (χ1) is 8.72. The van der Waals surface area contributed by atoms with Crippen molar-refractivity contribution in [2.75, 3.05) is 6.54 Å². The lowest BCUT2D eigenvalue weighted by Crippen LogP contribution is -2.22. The molecule has 0 amide bonds. The molecular formula is C17H25N. The molecule has 18 heavy (non-hydrogen) atoms. The van der Waals surface area contributed by atoms with Gasteiger partial charge in [0.25, 0.3) is 0 Å². The van der Waals surface area contributed by atoms with Crippen LogP contribution < -0.4 is 5.32 Å². The Hall–Kier alpha value is -1.08. The number of nitrogens with one attached hydrogen (secondary N) is 1. The van der Waals surface area contributed by atoms with Crippen molar-refractivity contribution in [1.82, 2.24) is 5.32 Å². The van der Waals surface area contributed by atoms with Crippen molar-refractivity contribution in [2.45, 2.75) is 52.0 Å². The minimum Gasteiger partial charge on any atom is -0.307 e. The van der Waals surface area contributed by atoms with Crippen LogP contribution in [0.2, 0.25) is 0 Å². The highest BCUT2D eigenvalue weighted by molar-refractivity contribution is 5.33. The molecule has 0 spiro atoms. The Labute approximate surface area is 111 Å². The van der Waals surface area contributed by atoms with Gasteiger partial charge in [0.05, 0.1) is 6.04 Å². The molecule has 0 radical (unpaired) electrons. The molecule has 1 heteroatoms. The van der Waals surface area contributed by atoms with E-state index in [1.807, 2.05) is 0 Å². The van der Waals surface area contributed by atoms with Crippen LogP contribution in [0.5, 0.6) is 0 Å². The summed E-state index contributed by atoms with van der Waals surface area (Å²) in [5.41, 5.74) is 4.41. The van der Waals surface area contributed by atoms with Crippen LogP contribution >= 0.6 is 0 Å². The number of hydrogen-bond donors (Lipinski definition) is 1. The molecule has 1 atom stereocenters. The average molecular weight is 243 g/mol. The van der Waals surface area contributed by atoms with Gasteiger partial charge in [-0.2, -0.15) is 0 Å². The van der Waals surface area contributed by atoms with Crippen molar-refractivity contribution in [3.8, 4) is 0 Å². The number of likely N-dealkylation sites (N-methyl/N-ethyl adjacent to an activating group) is 1. The summed E-state index contributed by atoms with van der Waals surface area (Å²) in [5.74, 6) is 0.613. The fourth-order valence-electron chi connectivity index (χ4n) is 2.70. The molecule has 0 saturated heterocycles. The molecule has 98 valence electrons. The summed E-state index contributed by atoms with van der Waals surface area (Å²) in [5, 5.41) is 3.62. The average Bonchev–Trinajstić information content (AvgIpc) is 2.90. The molecule has 0 saturated carbocycles.